The lowest BCUT2D eigenvalue weighted by atomic mass is 10.3. The molecule has 0 amide bonds. The molecule has 3 aromatic rings. The summed E-state index contributed by atoms with van der Waals surface area (Å²) in [5.74, 6) is 0. The van der Waals surface area contributed by atoms with Gasteiger partial charge in [-0.15, -0.1) is 11.3 Å². The fourth-order valence-electron chi connectivity index (χ4n) is 2.61. The summed E-state index contributed by atoms with van der Waals surface area (Å²) in [6, 6.07) is 24.3. The highest BCUT2D eigenvalue weighted by Gasteiger charge is 2.30. The van der Waals surface area contributed by atoms with Crippen molar-refractivity contribution in [3.63, 3.8) is 0 Å². The highest BCUT2D eigenvalue weighted by molar-refractivity contribution is 7.73. The maximum Gasteiger partial charge on any atom is 0.215 e. The Labute approximate surface area is 140 Å². The molecule has 0 aliphatic carbocycles. The molecule has 116 valence electrons. The molecule has 0 aliphatic rings. The second kappa shape index (κ2) is 7.49. The molecular formula is C18H16NO2PS. The Bertz CT molecular complexity index is 708. The maximum atomic E-state index is 11.3. The fraction of sp³-hybridized carbons (Fsp3) is 0.111. The van der Waals surface area contributed by atoms with Gasteiger partial charge in [-0.25, -0.2) is 0 Å². The minimum absolute atomic E-state index is 0.0456. The Balaban J connectivity index is 2.10. The Kier molecular flexibility index (Phi) is 5.16. The zero-order valence-electron chi connectivity index (χ0n) is 12.4. The van der Waals surface area contributed by atoms with Crippen LogP contribution in [0.2, 0.25) is 0 Å². The normalized spacial score (nSPS) is 12.2. The van der Waals surface area contributed by atoms with Crippen LogP contribution in [-0.2, 0) is 0 Å². The molecule has 1 unspecified atom stereocenters. The molecule has 3 rings (SSSR count). The average Bonchev–Trinajstić information content (AvgIpc) is 3.10. The number of rotatable bonds is 6. The largest absolute Gasteiger partial charge is 0.265 e. The molecule has 1 atom stereocenters. The van der Waals surface area contributed by atoms with Gasteiger partial charge < -0.3 is 0 Å². The molecule has 3 nitrogen and oxygen atoms in total. The minimum Gasteiger partial charge on any atom is -0.265 e. The molecule has 0 saturated carbocycles. The molecule has 2 aromatic carbocycles. The standard InChI is InChI=1S/C18H16NO2PS/c20-19(21)14-17(18-12-7-13-23-18)22(15-8-3-1-4-9-15)16-10-5-2-6-11-16/h1-13,17H,14H2. The second-order valence-electron chi connectivity index (χ2n) is 5.09. The molecule has 0 radical (unpaired) electrons. The topological polar surface area (TPSA) is 43.1 Å². The predicted octanol–water partition coefficient (Wildman–Crippen LogP) is 4.20. The molecule has 1 aromatic heterocycles. The van der Waals surface area contributed by atoms with E-state index in [4.69, 9.17) is 0 Å². The van der Waals surface area contributed by atoms with Gasteiger partial charge in [-0.1, -0.05) is 66.7 Å². The van der Waals surface area contributed by atoms with Crippen molar-refractivity contribution in [1.29, 1.82) is 0 Å². The molecule has 0 fully saturated rings. The van der Waals surface area contributed by atoms with E-state index < -0.39 is 7.92 Å². The van der Waals surface area contributed by atoms with Crippen LogP contribution in [0.15, 0.2) is 78.2 Å². The second-order valence-corrected chi connectivity index (χ2v) is 8.46. The van der Waals surface area contributed by atoms with Gasteiger partial charge in [0.25, 0.3) is 0 Å². The van der Waals surface area contributed by atoms with E-state index in [1.54, 1.807) is 11.3 Å². The zero-order valence-corrected chi connectivity index (χ0v) is 14.1. The Morgan fingerprint density at radius 2 is 1.48 bits per heavy atom. The van der Waals surface area contributed by atoms with Crippen LogP contribution < -0.4 is 10.6 Å². The number of nitro groups is 1. The Morgan fingerprint density at radius 3 is 1.91 bits per heavy atom. The van der Waals surface area contributed by atoms with Crippen molar-refractivity contribution in [3.8, 4) is 0 Å². The monoisotopic (exact) mass is 341 g/mol. The molecule has 5 heteroatoms. The van der Waals surface area contributed by atoms with Crippen LogP contribution in [0.4, 0.5) is 0 Å². The number of thiophene rings is 1. The summed E-state index contributed by atoms with van der Waals surface area (Å²) in [6.45, 7) is -0.0456. The molecule has 0 bridgehead atoms. The maximum absolute atomic E-state index is 11.3. The van der Waals surface area contributed by atoms with Gasteiger partial charge in [-0.3, -0.25) is 10.1 Å². The highest BCUT2D eigenvalue weighted by atomic mass is 32.1. The Morgan fingerprint density at radius 1 is 0.913 bits per heavy atom. The van der Waals surface area contributed by atoms with Gasteiger partial charge in [0.2, 0.25) is 6.54 Å². The molecule has 0 spiro atoms. The van der Waals surface area contributed by atoms with Crippen LogP contribution in [0, 0.1) is 10.1 Å². The first kappa shape index (κ1) is 15.9. The summed E-state index contributed by atoms with van der Waals surface area (Å²) in [6.07, 6.45) is 0. The van der Waals surface area contributed by atoms with Crippen molar-refractivity contribution in [2.45, 2.75) is 5.66 Å². The number of hydrogen-bond acceptors (Lipinski definition) is 3. The molecule has 0 N–H and O–H groups in total. The van der Waals surface area contributed by atoms with Crippen LogP contribution in [-0.4, -0.2) is 11.5 Å². The predicted molar refractivity (Wildman–Crippen MR) is 98.0 cm³/mol. The third-order valence-electron chi connectivity index (χ3n) is 3.57. The highest BCUT2D eigenvalue weighted by Crippen LogP contribution is 2.50. The molecular weight excluding hydrogens is 325 g/mol. The third-order valence-corrected chi connectivity index (χ3v) is 7.51. The van der Waals surface area contributed by atoms with Crippen LogP contribution in [0.3, 0.4) is 0 Å². The van der Waals surface area contributed by atoms with E-state index in [-0.39, 0.29) is 17.1 Å². The van der Waals surface area contributed by atoms with Gasteiger partial charge in [0.15, 0.2) is 0 Å². The summed E-state index contributed by atoms with van der Waals surface area (Å²) in [5, 5.41) is 15.6. The average molecular weight is 341 g/mol. The third kappa shape index (κ3) is 3.84. The van der Waals surface area contributed by atoms with Crippen LogP contribution >= 0.6 is 19.3 Å². The van der Waals surface area contributed by atoms with Gasteiger partial charge in [-0.05, 0) is 30.0 Å². The van der Waals surface area contributed by atoms with E-state index in [0.29, 0.717) is 0 Å². The number of nitrogens with zero attached hydrogens (tertiary/aromatic N) is 1. The smallest absolute Gasteiger partial charge is 0.215 e. The van der Waals surface area contributed by atoms with Crippen molar-refractivity contribution in [3.05, 3.63) is 93.2 Å². The van der Waals surface area contributed by atoms with Gasteiger partial charge in [0.1, 0.15) is 0 Å². The number of benzene rings is 2. The summed E-state index contributed by atoms with van der Waals surface area (Å²) in [5.41, 5.74) is -0.107. The summed E-state index contributed by atoms with van der Waals surface area (Å²) >= 11 is 1.60. The van der Waals surface area contributed by atoms with E-state index in [2.05, 4.69) is 24.3 Å². The fourth-order valence-corrected chi connectivity index (χ4v) is 6.45. The Hall–Kier alpha value is -2.03. The lowest BCUT2D eigenvalue weighted by Gasteiger charge is -2.25. The van der Waals surface area contributed by atoms with Crippen LogP contribution in [0.25, 0.3) is 0 Å². The minimum atomic E-state index is -0.829. The van der Waals surface area contributed by atoms with Gasteiger partial charge in [-0.2, -0.15) is 0 Å². The van der Waals surface area contributed by atoms with E-state index in [0.717, 1.165) is 4.88 Å². The van der Waals surface area contributed by atoms with E-state index in [1.807, 2.05) is 53.9 Å². The van der Waals surface area contributed by atoms with Crippen LogP contribution in [0.1, 0.15) is 10.5 Å². The lowest BCUT2D eigenvalue weighted by molar-refractivity contribution is -0.479. The van der Waals surface area contributed by atoms with Crippen molar-refractivity contribution < 1.29 is 4.92 Å². The molecule has 1 heterocycles. The van der Waals surface area contributed by atoms with E-state index >= 15 is 0 Å². The molecule has 0 aliphatic heterocycles. The summed E-state index contributed by atoms with van der Waals surface area (Å²) < 4.78 is 0. The summed E-state index contributed by atoms with van der Waals surface area (Å²) in [4.78, 5) is 12.2. The van der Waals surface area contributed by atoms with Gasteiger partial charge >= 0.3 is 0 Å². The van der Waals surface area contributed by atoms with Crippen molar-refractivity contribution in [2.24, 2.45) is 0 Å². The first-order chi connectivity index (χ1) is 11.3. The number of hydrogen-bond donors (Lipinski definition) is 0. The quantitative estimate of drug-likeness (QED) is 0.383. The molecule has 23 heavy (non-hydrogen) atoms. The molecule has 0 saturated heterocycles. The van der Waals surface area contributed by atoms with E-state index in [1.165, 1.54) is 10.6 Å². The van der Waals surface area contributed by atoms with Gasteiger partial charge in [0, 0.05) is 9.80 Å². The summed E-state index contributed by atoms with van der Waals surface area (Å²) in [7, 11) is -0.829. The zero-order chi connectivity index (χ0) is 16.1. The van der Waals surface area contributed by atoms with Crippen molar-refractivity contribution >= 4 is 29.9 Å². The SMILES string of the molecule is O=[N+]([O-])CC(c1cccs1)P(c1ccccc1)c1ccccc1. The first-order valence-corrected chi connectivity index (χ1v) is 9.59. The van der Waals surface area contributed by atoms with Crippen molar-refractivity contribution in [1.82, 2.24) is 0 Å². The van der Waals surface area contributed by atoms with Gasteiger partial charge in [0.05, 0.1) is 5.66 Å². The lowest BCUT2D eigenvalue weighted by Crippen LogP contribution is -2.21. The van der Waals surface area contributed by atoms with Crippen molar-refractivity contribution in [2.75, 3.05) is 6.54 Å². The van der Waals surface area contributed by atoms with E-state index in [9.17, 15) is 10.1 Å². The first-order valence-electron chi connectivity index (χ1n) is 7.30. The van der Waals surface area contributed by atoms with Crippen LogP contribution in [0.5, 0.6) is 0 Å².